The van der Waals surface area contributed by atoms with E-state index >= 15 is 0 Å². The number of esters is 1. The zero-order valence-electron chi connectivity index (χ0n) is 12.6. The van der Waals surface area contributed by atoms with Gasteiger partial charge < -0.3 is 10.5 Å². The van der Waals surface area contributed by atoms with Gasteiger partial charge in [0.2, 0.25) is 0 Å². The van der Waals surface area contributed by atoms with Crippen molar-refractivity contribution < 1.29 is 9.53 Å². The summed E-state index contributed by atoms with van der Waals surface area (Å²) in [6.07, 6.45) is 1.64. The second-order valence-electron chi connectivity index (χ2n) is 5.61. The van der Waals surface area contributed by atoms with Gasteiger partial charge in [0.05, 0.1) is 23.1 Å². The molecule has 114 valence electrons. The van der Waals surface area contributed by atoms with Crippen LogP contribution in [0.3, 0.4) is 0 Å². The van der Waals surface area contributed by atoms with E-state index in [0.717, 1.165) is 5.39 Å². The van der Waals surface area contributed by atoms with Crippen molar-refractivity contribution in [3.8, 4) is 0 Å². The van der Waals surface area contributed by atoms with Gasteiger partial charge in [-0.05, 0) is 20.8 Å². The average molecular weight is 309 g/mol. The maximum absolute atomic E-state index is 11.6. The molecule has 0 aliphatic carbocycles. The van der Waals surface area contributed by atoms with Crippen LogP contribution in [0.15, 0.2) is 6.20 Å². The first-order valence-electron chi connectivity index (χ1n) is 6.50. The quantitative estimate of drug-likeness (QED) is 0.855. The van der Waals surface area contributed by atoms with Crippen molar-refractivity contribution in [2.24, 2.45) is 7.05 Å². The number of carbonyl (C=O) groups is 1. The summed E-state index contributed by atoms with van der Waals surface area (Å²) in [5.74, 6) is 1.48. The van der Waals surface area contributed by atoms with Crippen molar-refractivity contribution in [3.63, 3.8) is 0 Å². The maximum atomic E-state index is 11.6. The Labute approximate surface area is 127 Å². The van der Waals surface area contributed by atoms with Gasteiger partial charge in [-0.3, -0.25) is 9.48 Å². The molecule has 0 aliphatic rings. The Morgan fingerprint density at radius 3 is 2.81 bits per heavy atom. The van der Waals surface area contributed by atoms with E-state index in [1.54, 1.807) is 17.9 Å². The van der Waals surface area contributed by atoms with Crippen LogP contribution in [0, 0.1) is 0 Å². The molecule has 0 saturated heterocycles. The second kappa shape index (κ2) is 5.88. The Hall–Kier alpha value is -1.83. The summed E-state index contributed by atoms with van der Waals surface area (Å²) >= 11 is 1.40. The number of fused-ring (bicyclic) bond motifs is 1. The van der Waals surface area contributed by atoms with Gasteiger partial charge in [0.15, 0.2) is 5.65 Å². The van der Waals surface area contributed by atoms with Crippen LogP contribution in [0.4, 0.5) is 5.82 Å². The first-order chi connectivity index (χ1) is 9.76. The minimum atomic E-state index is -0.466. The summed E-state index contributed by atoms with van der Waals surface area (Å²) in [6, 6.07) is 0. The zero-order valence-corrected chi connectivity index (χ0v) is 13.4. The number of carbonyl (C=O) groups excluding carboxylic acids is 1. The van der Waals surface area contributed by atoms with Gasteiger partial charge in [0, 0.05) is 7.05 Å². The van der Waals surface area contributed by atoms with E-state index in [1.807, 2.05) is 20.8 Å². The van der Waals surface area contributed by atoms with E-state index in [0.29, 0.717) is 23.0 Å². The first kappa shape index (κ1) is 15.6. The summed E-state index contributed by atoms with van der Waals surface area (Å²) in [7, 11) is 1.80. The minimum Gasteiger partial charge on any atom is -0.459 e. The van der Waals surface area contributed by atoms with Crippen molar-refractivity contribution >= 4 is 34.6 Å². The molecule has 8 heteroatoms. The van der Waals surface area contributed by atoms with Crippen LogP contribution in [0.1, 0.15) is 26.6 Å². The number of ether oxygens (including phenoxy) is 1. The molecule has 7 nitrogen and oxygen atoms in total. The van der Waals surface area contributed by atoms with E-state index in [2.05, 4.69) is 15.1 Å². The summed E-state index contributed by atoms with van der Waals surface area (Å²) in [5.41, 5.74) is 6.10. The van der Waals surface area contributed by atoms with Gasteiger partial charge >= 0.3 is 5.97 Å². The van der Waals surface area contributed by atoms with Gasteiger partial charge in [-0.2, -0.15) is 5.10 Å². The molecular weight excluding hydrogens is 290 g/mol. The molecule has 0 aliphatic heterocycles. The van der Waals surface area contributed by atoms with Crippen molar-refractivity contribution in [2.45, 2.75) is 32.1 Å². The molecule has 0 amide bonds. The lowest BCUT2D eigenvalue weighted by atomic mass is 10.2. The van der Waals surface area contributed by atoms with Crippen LogP contribution in [-0.4, -0.2) is 37.1 Å². The van der Waals surface area contributed by atoms with Crippen molar-refractivity contribution in [1.29, 1.82) is 0 Å². The highest BCUT2D eigenvalue weighted by atomic mass is 32.2. The molecule has 0 aromatic carbocycles. The lowest BCUT2D eigenvalue weighted by Crippen LogP contribution is -2.25. The molecule has 2 aromatic rings. The number of nitrogens with zero attached hydrogens (tertiary/aromatic N) is 4. The molecule has 0 spiro atoms. The largest absolute Gasteiger partial charge is 0.459 e. The molecule has 21 heavy (non-hydrogen) atoms. The fraction of sp³-hybridized carbons (Fsp3) is 0.538. The predicted molar refractivity (Wildman–Crippen MR) is 82.7 cm³/mol. The van der Waals surface area contributed by atoms with Gasteiger partial charge in [-0.1, -0.05) is 0 Å². The topological polar surface area (TPSA) is 95.9 Å². The summed E-state index contributed by atoms with van der Waals surface area (Å²) in [6.45, 7) is 5.53. The predicted octanol–water partition coefficient (Wildman–Crippen LogP) is 1.52. The Bertz CT molecular complexity index is 662. The number of hydrogen-bond donors (Lipinski definition) is 1. The Kier molecular flexibility index (Phi) is 4.36. The van der Waals surface area contributed by atoms with Gasteiger partial charge in [-0.25, -0.2) is 9.97 Å². The maximum Gasteiger partial charge on any atom is 0.316 e. The molecule has 0 unspecified atom stereocenters. The fourth-order valence-corrected chi connectivity index (χ4v) is 2.39. The fourth-order valence-electron chi connectivity index (χ4n) is 1.75. The molecule has 2 N–H and O–H groups in total. The Morgan fingerprint density at radius 1 is 1.43 bits per heavy atom. The number of aromatic nitrogens is 4. The summed E-state index contributed by atoms with van der Waals surface area (Å²) < 4.78 is 6.89. The Morgan fingerprint density at radius 2 is 2.14 bits per heavy atom. The monoisotopic (exact) mass is 309 g/mol. The molecular formula is C13H19N5O2S. The lowest BCUT2D eigenvalue weighted by Gasteiger charge is -2.19. The smallest absolute Gasteiger partial charge is 0.316 e. The summed E-state index contributed by atoms with van der Waals surface area (Å²) in [4.78, 5) is 20.2. The normalized spacial score (nSPS) is 11.8. The highest BCUT2D eigenvalue weighted by molar-refractivity contribution is 7.99. The van der Waals surface area contributed by atoms with Gasteiger partial charge in [0.25, 0.3) is 0 Å². The third-order valence-corrected chi connectivity index (χ3v) is 3.44. The number of rotatable bonds is 4. The Balaban J connectivity index is 1.98. The average Bonchev–Trinajstić information content (AvgIpc) is 2.69. The standard InChI is InChI=1S/C13H19N5O2S/c1-13(2,3)20-10(19)7-21-6-9-16-11(14)8-5-15-18(4)12(8)17-9/h5H,6-7H2,1-4H3,(H2,14,16,17). The van der Waals surface area contributed by atoms with Gasteiger partial charge in [0.1, 0.15) is 17.2 Å². The summed E-state index contributed by atoms with van der Waals surface area (Å²) in [5, 5.41) is 4.83. The van der Waals surface area contributed by atoms with Crippen molar-refractivity contribution in [1.82, 2.24) is 19.7 Å². The molecule has 2 rings (SSSR count). The van der Waals surface area contributed by atoms with E-state index in [4.69, 9.17) is 10.5 Å². The molecule has 0 atom stereocenters. The number of aryl methyl sites for hydroxylation is 1. The SMILES string of the molecule is Cn1ncc2c(N)nc(CSCC(=O)OC(C)(C)C)nc21. The van der Waals surface area contributed by atoms with E-state index in [1.165, 1.54) is 11.8 Å². The lowest BCUT2D eigenvalue weighted by molar-refractivity contribution is -0.151. The van der Waals surface area contributed by atoms with E-state index in [9.17, 15) is 4.79 Å². The molecule has 0 saturated carbocycles. The van der Waals surface area contributed by atoms with Crippen LogP contribution >= 0.6 is 11.8 Å². The van der Waals surface area contributed by atoms with Crippen LogP contribution in [0.2, 0.25) is 0 Å². The van der Waals surface area contributed by atoms with Gasteiger partial charge in [-0.15, -0.1) is 11.8 Å². The second-order valence-corrected chi connectivity index (χ2v) is 6.60. The van der Waals surface area contributed by atoms with Crippen LogP contribution in [0.5, 0.6) is 0 Å². The van der Waals surface area contributed by atoms with Crippen LogP contribution < -0.4 is 5.73 Å². The van der Waals surface area contributed by atoms with Crippen LogP contribution in [0.25, 0.3) is 11.0 Å². The number of hydrogen-bond acceptors (Lipinski definition) is 7. The number of nitrogens with two attached hydrogens (primary N) is 1. The molecule has 2 aromatic heterocycles. The third-order valence-electron chi connectivity index (χ3n) is 2.54. The first-order valence-corrected chi connectivity index (χ1v) is 7.65. The van der Waals surface area contributed by atoms with Crippen LogP contribution in [-0.2, 0) is 22.3 Å². The highest BCUT2D eigenvalue weighted by Crippen LogP contribution is 2.19. The number of anilines is 1. The van der Waals surface area contributed by atoms with Crippen molar-refractivity contribution in [3.05, 3.63) is 12.0 Å². The molecule has 0 radical (unpaired) electrons. The van der Waals surface area contributed by atoms with E-state index in [-0.39, 0.29) is 11.7 Å². The third kappa shape index (κ3) is 4.07. The molecule has 0 fully saturated rings. The molecule has 0 bridgehead atoms. The molecule has 2 heterocycles. The highest BCUT2D eigenvalue weighted by Gasteiger charge is 2.16. The van der Waals surface area contributed by atoms with E-state index < -0.39 is 5.60 Å². The van der Waals surface area contributed by atoms with Crippen molar-refractivity contribution in [2.75, 3.05) is 11.5 Å². The number of thioether (sulfide) groups is 1. The minimum absolute atomic E-state index is 0.248. The number of nitrogen functional groups attached to an aromatic ring is 1. The zero-order chi connectivity index (χ0) is 15.6.